The molecule has 4 heterocycles. The molecule has 0 bridgehead atoms. The average Bonchev–Trinajstić information content (AvgIpc) is 3.37. The van der Waals surface area contributed by atoms with Crippen LogP contribution in [0.5, 0.6) is 5.75 Å². The number of aromatic nitrogens is 2. The van der Waals surface area contributed by atoms with Crippen LogP contribution in [0.1, 0.15) is 36.8 Å². The van der Waals surface area contributed by atoms with E-state index in [2.05, 4.69) is 22.2 Å². The predicted molar refractivity (Wildman–Crippen MR) is 119 cm³/mol. The fraction of sp³-hybridized carbons (Fsp3) is 0.375. The molecule has 3 aromatic rings. The molecule has 6 heteroatoms. The van der Waals surface area contributed by atoms with Gasteiger partial charge in [0.1, 0.15) is 5.75 Å². The fourth-order valence-corrected chi connectivity index (χ4v) is 6.31. The van der Waals surface area contributed by atoms with Gasteiger partial charge in [0.05, 0.1) is 22.5 Å². The Morgan fingerprint density at radius 3 is 2.87 bits per heavy atom. The smallest absolute Gasteiger partial charge is 0.157 e. The first-order chi connectivity index (χ1) is 14.8. The van der Waals surface area contributed by atoms with E-state index in [1.165, 1.54) is 31.5 Å². The van der Waals surface area contributed by atoms with Crippen molar-refractivity contribution >= 4 is 27.6 Å². The molecule has 6 rings (SSSR count). The van der Waals surface area contributed by atoms with Gasteiger partial charge in [-0.25, -0.2) is 4.21 Å². The number of rotatable bonds is 4. The van der Waals surface area contributed by atoms with E-state index in [1.54, 1.807) is 0 Å². The summed E-state index contributed by atoms with van der Waals surface area (Å²) < 4.78 is 21.3. The number of hydrogen-bond donors (Lipinski definition) is 0. The lowest BCUT2D eigenvalue weighted by Gasteiger charge is -2.39. The third-order valence-electron chi connectivity index (χ3n) is 6.73. The van der Waals surface area contributed by atoms with Crippen LogP contribution < -0.4 is 4.74 Å². The van der Waals surface area contributed by atoms with E-state index in [1.807, 2.05) is 40.5 Å². The van der Waals surface area contributed by atoms with Gasteiger partial charge in [-0.15, -0.1) is 0 Å². The Morgan fingerprint density at radius 1 is 1.13 bits per heavy atom. The molecule has 0 saturated carbocycles. The number of ether oxygens (including phenoxy) is 1. The molecule has 2 aliphatic heterocycles. The fourth-order valence-electron chi connectivity index (χ4n) is 4.96. The first-order valence-electron chi connectivity index (χ1n) is 10.9. The van der Waals surface area contributed by atoms with Crippen molar-refractivity contribution in [1.29, 1.82) is 0 Å². The summed E-state index contributed by atoms with van der Waals surface area (Å²) in [7, 11) is -1.33. The molecule has 5 nitrogen and oxygen atoms in total. The maximum Gasteiger partial charge on any atom is 0.157 e. The van der Waals surface area contributed by atoms with Crippen molar-refractivity contribution in [2.75, 3.05) is 19.7 Å². The minimum atomic E-state index is -1.33. The Morgan fingerprint density at radius 2 is 2.07 bits per heavy atom. The summed E-state index contributed by atoms with van der Waals surface area (Å²) in [6.07, 6.45) is 11.8. The Kier molecular flexibility index (Phi) is 4.50. The van der Waals surface area contributed by atoms with Crippen molar-refractivity contribution in [2.45, 2.75) is 43.0 Å². The number of fused-ring (bicyclic) bond motifs is 2. The summed E-state index contributed by atoms with van der Waals surface area (Å²) in [5.41, 5.74) is 5.41. The van der Waals surface area contributed by atoms with Crippen LogP contribution in [-0.4, -0.2) is 43.8 Å². The topological polar surface area (TPSA) is 47.4 Å². The van der Waals surface area contributed by atoms with Gasteiger partial charge in [0.2, 0.25) is 0 Å². The van der Waals surface area contributed by atoms with E-state index >= 15 is 0 Å². The number of benzene rings is 1. The van der Waals surface area contributed by atoms with Crippen molar-refractivity contribution in [3.8, 4) is 5.75 Å². The summed E-state index contributed by atoms with van der Waals surface area (Å²) in [5, 5.41) is 0. The molecule has 0 amide bonds. The second-order valence-electron chi connectivity index (χ2n) is 8.37. The number of allylic oxidation sites excluding steroid dienone is 1. The van der Waals surface area contributed by atoms with Gasteiger partial charge in [-0.05, 0) is 68.6 Å². The molecular weight excluding hydrogens is 394 g/mol. The second-order valence-corrected chi connectivity index (χ2v) is 9.70. The van der Waals surface area contributed by atoms with Gasteiger partial charge in [-0.3, -0.25) is 13.9 Å². The molecule has 0 radical (unpaired) electrons. The maximum absolute atomic E-state index is 13.7. The number of likely N-dealkylation sites (tertiary alicyclic amines) is 1. The third-order valence-corrected chi connectivity index (χ3v) is 8.15. The lowest BCUT2D eigenvalue weighted by atomic mass is 9.89. The Labute approximate surface area is 178 Å². The normalized spacial score (nSPS) is 22.3. The van der Waals surface area contributed by atoms with Crippen LogP contribution >= 0.6 is 0 Å². The molecule has 1 aliphatic carbocycles. The quantitative estimate of drug-likeness (QED) is 0.636. The highest BCUT2D eigenvalue weighted by Crippen LogP contribution is 2.36. The monoisotopic (exact) mass is 419 g/mol. The highest BCUT2D eigenvalue weighted by molar-refractivity contribution is 7.83. The molecule has 2 aromatic heterocycles. The van der Waals surface area contributed by atoms with Gasteiger partial charge in [0.25, 0.3) is 0 Å². The van der Waals surface area contributed by atoms with Crippen molar-refractivity contribution < 1.29 is 8.95 Å². The van der Waals surface area contributed by atoms with Gasteiger partial charge in [-0.1, -0.05) is 12.1 Å². The van der Waals surface area contributed by atoms with E-state index in [4.69, 9.17) is 4.74 Å². The minimum absolute atomic E-state index is 0.661. The first kappa shape index (κ1) is 18.3. The molecule has 2 unspecified atom stereocenters. The molecule has 3 aliphatic rings. The van der Waals surface area contributed by atoms with E-state index < -0.39 is 11.0 Å². The van der Waals surface area contributed by atoms with Gasteiger partial charge in [0, 0.05) is 36.0 Å². The molecule has 0 N–H and O–H groups in total. The first-order valence-corrected chi connectivity index (χ1v) is 12.0. The van der Waals surface area contributed by atoms with Crippen LogP contribution in [0.2, 0.25) is 0 Å². The van der Waals surface area contributed by atoms with Crippen molar-refractivity contribution in [3.63, 3.8) is 0 Å². The van der Waals surface area contributed by atoms with Crippen molar-refractivity contribution in [3.05, 3.63) is 59.9 Å². The van der Waals surface area contributed by atoms with Gasteiger partial charge >= 0.3 is 0 Å². The molecule has 1 aromatic carbocycles. The SMILES string of the molecule is O=S(c1cccc2c1CCO2)n1cc(C2=CCC(N3CCC3)CC2)c2ncccc21. The summed E-state index contributed by atoms with van der Waals surface area (Å²) in [4.78, 5) is 8.12. The Bertz CT molecular complexity index is 1180. The van der Waals surface area contributed by atoms with Crippen LogP contribution in [0.3, 0.4) is 0 Å². The molecule has 0 spiro atoms. The van der Waals surface area contributed by atoms with Crippen LogP contribution in [0.25, 0.3) is 16.6 Å². The lowest BCUT2D eigenvalue weighted by Crippen LogP contribution is -2.45. The third kappa shape index (κ3) is 2.93. The highest BCUT2D eigenvalue weighted by Gasteiger charge is 2.28. The molecule has 154 valence electrons. The zero-order valence-electron chi connectivity index (χ0n) is 16.9. The summed E-state index contributed by atoms with van der Waals surface area (Å²) >= 11 is 0. The molecule has 30 heavy (non-hydrogen) atoms. The van der Waals surface area contributed by atoms with Gasteiger partial charge in [-0.2, -0.15) is 0 Å². The Hall–Kier alpha value is -2.44. The van der Waals surface area contributed by atoms with E-state index in [9.17, 15) is 4.21 Å². The van der Waals surface area contributed by atoms with Gasteiger partial charge < -0.3 is 4.74 Å². The standard InChI is InChI=1S/C24H25N3O2S/c28-30(23-6-1-5-22-19(23)11-15-29-22)27-16-20(24-21(27)4-2-12-25-24)17-7-9-18(10-8-17)26-13-3-14-26/h1-2,4-7,12,16,18H,3,8-11,13-15H2. The minimum Gasteiger partial charge on any atom is -0.493 e. The number of nitrogens with zero attached hydrogens (tertiary/aromatic N) is 3. The zero-order chi connectivity index (χ0) is 20.1. The predicted octanol–water partition coefficient (Wildman–Crippen LogP) is 4.18. The second kappa shape index (κ2) is 7.36. The molecule has 1 fully saturated rings. The molecule has 2 atom stereocenters. The lowest BCUT2D eigenvalue weighted by molar-refractivity contribution is 0.111. The van der Waals surface area contributed by atoms with Crippen LogP contribution in [0.15, 0.2) is 53.7 Å². The summed E-state index contributed by atoms with van der Waals surface area (Å²) in [5.74, 6) is 0.864. The van der Waals surface area contributed by atoms with Crippen LogP contribution in [0.4, 0.5) is 0 Å². The number of hydrogen-bond acceptors (Lipinski definition) is 4. The van der Waals surface area contributed by atoms with Crippen LogP contribution in [0, 0.1) is 0 Å². The van der Waals surface area contributed by atoms with E-state index in [-0.39, 0.29) is 0 Å². The summed E-state index contributed by atoms with van der Waals surface area (Å²) in [6, 6.07) is 10.5. The van der Waals surface area contributed by atoms with Crippen molar-refractivity contribution in [1.82, 2.24) is 13.9 Å². The summed E-state index contributed by atoms with van der Waals surface area (Å²) in [6.45, 7) is 3.16. The highest BCUT2D eigenvalue weighted by atomic mass is 32.2. The largest absolute Gasteiger partial charge is 0.493 e. The maximum atomic E-state index is 13.7. The number of pyridine rings is 1. The molecular formula is C24H25N3O2S. The van der Waals surface area contributed by atoms with Gasteiger partial charge in [0.15, 0.2) is 11.0 Å². The zero-order valence-corrected chi connectivity index (χ0v) is 17.7. The molecule has 1 saturated heterocycles. The van der Waals surface area contributed by atoms with E-state index in [0.717, 1.165) is 52.1 Å². The van der Waals surface area contributed by atoms with Crippen molar-refractivity contribution in [2.24, 2.45) is 0 Å². The van der Waals surface area contributed by atoms with Crippen LogP contribution in [-0.2, 0) is 17.4 Å². The Balaban J connectivity index is 1.39. The van der Waals surface area contributed by atoms with E-state index in [0.29, 0.717) is 12.6 Å². The average molecular weight is 420 g/mol.